The first-order chi connectivity index (χ1) is 14.4. The highest BCUT2D eigenvalue weighted by molar-refractivity contribution is 5.90. The van der Waals surface area contributed by atoms with Crippen LogP contribution in [-0.2, 0) is 11.3 Å². The van der Waals surface area contributed by atoms with Gasteiger partial charge in [-0.15, -0.1) is 10.2 Å². The van der Waals surface area contributed by atoms with Crippen molar-refractivity contribution in [2.75, 3.05) is 6.61 Å². The fraction of sp³-hybridized carbons (Fsp3) is 0.167. The van der Waals surface area contributed by atoms with E-state index in [0.29, 0.717) is 5.56 Å². The fourth-order valence-corrected chi connectivity index (χ4v) is 2.43. The smallest absolute Gasteiger partial charge is 0.338 e. The van der Waals surface area contributed by atoms with Crippen molar-refractivity contribution >= 4 is 17.3 Å². The van der Waals surface area contributed by atoms with E-state index in [-0.39, 0.29) is 47.7 Å². The lowest BCUT2D eigenvalue weighted by molar-refractivity contribution is -0.385. The number of nitro benzene ring substituents is 2. The number of ether oxygens (including phenoxy) is 2. The summed E-state index contributed by atoms with van der Waals surface area (Å²) in [6.45, 7) is 1.56. The van der Waals surface area contributed by atoms with Crippen molar-refractivity contribution in [1.82, 2.24) is 10.2 Å². The number of aromatic nitrogens is 2. The Labute approximate surface area is 168 Å². The number of carbonyl (C=O) groups is 1. The number of rotatable bonds is 8. The van der Waals surface area contributed by atoms with Gasteiger partial charge >= 0.3 is 11.7 Å². The molecule has 0 saturated carbocycles. The first-order valence-corrected chi connectivity index (χ1v) is 8.54. The van der Waals surface area contributed by atoms with Crippen LogP contribution in [0.3, 0.4) is 0 Å². The summed E-state index contributed by atoms with van der Waals surface area (Å²) in [5.74, 6) is -0.704. The van der Waals surface area contributed by atoms with Gasteiger partial charge < -0.3 is 13.9 Å². The second kappa shape index (κ2) is 8.77. The Kier molecular flexibility index (Phi) is 5.96. The van der Waals surface area contributed by atoms with Crippen molar-refractivity contribution in [3.05, 3.63) is 74.1 Å². The SMILES string of the molecule is CCOc1ccc(C(=O)OCc2nnc(-c3ccc([N+](=O)[O-])cc3)o2)cc1[N+](=O)[O-]. The molecular formula is C18H14N4O8. The monoisotopic (exact) mass is 414 g/mol. The molecule has 0 aliphatic heterocycles. The summed E-state index contributed by atoms with van der Waals surface area (Å²) >= 11 is 0. The van der Waals surface area contributed by atoms with E-state index in [1.54, 1.807) is 6.92 Å². The van der Waals surface area contributed by atoms with Crippen LogP contribution in [0.5, 0.6) is 5.75 Å². The number of esters is 1. The summed E-state index contributed by atoms with van der Waals surface area (Å²) in [5, 5.41) is 29.4. The number of hydrogen-bond acceptors (Lipinski definition) is 10. The molecule has 12 heteroatoms. The molecule has 0 unspecified atom stereocenters. The Hall–Kier alpha value is -4.35. The number of nitrogens with zero attached hydrogens (tertiary/aromatic N) is 4. The van der Waals surface area contributed by atoms with Gasteiger partial charge in [0.2, 0.25) is 5.89 Å². The number of hydrogen-bond donors (Lipinski definition) is 0. The van der Waals surface area contributed by atoms with Gasteiger partial charge in [0.1, 0.15) is 0 Å². The molecule has 0 bridgehead atoms. The van der Waals surface area contributed by atoms with Crippen molar-refractivity contribution in [1.29, 1.82) is 0 Å². The third kappa shape index (κ3) is 4.55. The number of carbonyl (C=O) groups excluding carboxylic acids is 1. The standard InChI is InChI=1S/C18H14N4O8/c1-2-28-15-8-5-12(9-14(15)22(26)27)18(23)29-10-16-19-20-17(30-16)11-3-6-13(7-4-11)21(24)25/h3-9H,2,10H2,1H3. The molecule has 30 heavy (non-hydrogen) atoms. The van der Waals surface area contributed by atoms with Crippen LogP contribution in [-0.4, -0.2) is 32.6 Å². The Bertz CT molecular complexity index is 1090. The lowest BCUT2D eigenvalue weighted by Gasteiger charge is -2.06. The Morgan fingerprint density at radius 1 is 1.07 bits per heavy atom. The van der Waals surface area contributed by atoms with Gasteiger partial charge in [-0.2, -0.15) is 0 Å². The Morgan fingerprint density at radius 3 is 2.43 bits per heavy atom. The number of non-ortho nitro benzene ring substituents is 1. The topological polar surface area (TPSA) is 161 Å². The minimum atomic E-state index is -0.823. The van der Waals surface area contributed by atoms with E-state index in [2.05, 4.69) is 10.2 Å². The van der Waals surface area contributed by atoms with Crippen LogP contribution >= 0.6 is 0 Å². The van der Waals surface area contributed by atoms with E-state index < -0.39 is 15.8 Å². The maximum atomic E-state index is 12.2. The van der Waals surface area contributed by atoms with Gasteiger partial charge in [-0.05, 0) is 31.2 Å². The normalized spacial score (nSPS) is 10.4. The van der Waals surface area contributed by atoms with E-state index in [4.69, 9.17) is 13.9 Å². The lowest BCUT2D eigenvalue weighted by atomic mass is 10.2. The molecule has 0 radical (unpaired) electrons. The minimum absolute atomic E-state index is 0.0165. The second-order valence-corrected chi connectivity index (χ2v) is 5.75. The Morgan fingerprint density at radius 2 is 1.80 bits per heavy atom. The largest absolute Gasteiger partial charge is 0.487 e. The van der Waals surface area contributed by atoms with Gasteiger partial charge in [-0.3, -0.25) is 20.2 Å². The molecule has 1 heterocycles. The summed E-state index contributed by atoms with van der Waals surface area (Å²) in [6.07, 6.45) is 0. The predicted molar refractivity (Wildman–Crippen MR) is 99.8 cm³/mol. The molecular weight excluding hydrogens is 400 g/mol. The zero-order valence-corrected chi connectivity index (χ0v) is 15.5. The summed E-state index contributed by atoms with van der Waals surface area (Å²) in [4.78, 5) is 32.8. The van der Waals surface area contributed by atoms with Crippen LogP contribution in [0.15, 0.2) is 46.9 Å². The molecule has 3 aromatic rings. The molecule has 1 aromatic heterocycles. The van der Waals surface area contributed by atoms with Crippen molar-refractivity contribution in [3.8, 4) is 17.2 Å². The highest BCUT2D eigenvalue weighted by Crippen LogP contribution is 2.28. The van der Waals surface area contributed by atoms with Crippen LogP contribution in [0.4, 0.5) is 11.4 Å². The maximum Gasteiger partial charge on any atom is 0.338 e. The van der Waals surface area contributed by atoms with Crippen molar-refractivity contribution in [2.45, 2.75) is 13.5 Å². The van der Waals surface area contributed by atoms with Crippen LogP contribution in [0, 0.1) is 20.2 Å². The summed E-state index contributed by atoms with van der Waals surface area (Å²) in [7, 11) is 0. The molecule has 0 saturated heterocycles. The molecule has 0 spiro atoms. The van der Waals surface area contributed by atoms with Crippen LogP contribution in [0.25, 0.3) is 11.5 Å². The maximum absolute atomic E-state index is 12.2. The molecule has 3 rings (SSSR count). The van der Waals surface area contributed by atoms with Crippen molar-refractivity contribution < 1.29 is 28.5 Å². The molecule has 154 valence electrons. The molecule has 0 aliphatic rings. The van der Waals surface area contributed by atoms with Gasteiger partial charge in [-0.1, -0.05) is 0 Å². The quantitative estimate of drug-likeness (QED) is 0.304. The number of nitro groups is 2. The van der Waals surface area contributed by atoms with Gasteiger partial charge in [0.25, 0.3) is 11.6 Å². The zero-order chi connectivity index (χ0) is 21.7. The highest BCUT2D eigenvalue weighted by atomic mass is 16.6. The van der Waals surface area contributed by atoms with Crippen LogP contribution in [0.1, 0.15) is 23.2 Å². The van der Waals surface area contributed by atoms with Crippen molar-refractivity contribution in [3.63, 3.8) is 0 Å². The number of benzene rings is 2. The van der Waals surface area contributed by atoms with Gasteiger partial charge in [0.05, 0.1) is 22.0 Å². The first kappa shape index (κ1) is 20.4. The second-order valence-electron chi connectivity index (χ2n) is 5.75. The van der Waals surface area contributed by atoms with Crippen LogP contribution in [0.2, 0.25) is 0 Å². The molecule has 0 atom stereocenters. The molecule has 0 amide bonds. The molecule has 0 N–H and O–H groups in total. The van der Waals surface area contributed by atoms with E-state index >= 15 is 0 Å². The zero-order valence-electron chi connectivity index (χ0n) is 15.5. The summed E-state index contributed by atoms with van der Waals surface area (Å²) in [6, 6.07) is 9.19. The third-order valence-corrected chi connectivity index (χ3v) is 3.81. The average Bonchev–Trinajstić information content (AvgIpc) is 3.21. The lowest BCUT2D eigenvalue weighted by Crippen LogP contribution is -2.07. The average molecular weight is 414 g/mol. The van der Waals surface area contributed by atoms with Gasteiger partial charge in [0.15, 0.2) is 12.4 Å². The molecule has 0 fully saturated rings. The molecule has 12 nitrogen and oxygen atoms in total. The van der Waals surface area contributed by atoms with Crippen molar-refractivity contribution in [2.24, 2.45) is 0 Å². The van der Waals surface area contributed by atoms with Gasteiger partial charge in [-0.25, -0.2) is 4.79 Å². The van der Waals surface area contributed by atoms with E-state index in [0.717, 1.165) is 6.07 Å². The first-order valence-electron chi connectivity index (χ1n) is 8.54. The highest BCUT2D eigenvalue weighted by Gasteiger charge is 2.20. The minimum Gasteiger partial charge on any atom is -0.487 e. The summed E-state index contributed by atoms with van der Waals surface area (Å²) in [5.41, 5.74) is -0.0329. The fourth-order valence-electron chi connectivity index (χ4n) is 2.43. The van der Waals surface area contributed by atoms with E-state index in [1.165, 1.54) is 36.4 Å². The molecule has 2 aromatic carbocycles. The van der Waals surface area contributed by atoms with E-state index in [1.807, 2.05) is 0 Å². The Balaban J connectivity index is 1.67. The van der Waals surface area contributed by atoms with Gasteiger partial charge in [0, 0.05) is 23.8 Å². The van der Waals surface area contributed by atoms with Crippen LogP contribution < -0.4 is 4.74 Å². The molecule has 0 aliphatic carbocycles. The third-order valence-electron chi connectivity index (χ3n) is 3.81. The summed E-state index contributed by atoms with van der Waals surface area (Å²) < 4.78 is 15.6. The van der Waals surface area contributed by atoms with E-state index in [9.17, 15) is 25.0 Å². The predicted octanol–water partition coefficient (Wildman–Crippen LogP) is 3.31.